The van der Waals surface area contributed by atoms with Gasteiger partial charge in [0.2, 0.25) is 0 Å². The smallest absolute Gasteiger partial charge is 0.171 e. The Morgan fingerprint density at radius 1 is 1.57 bits per heavy atom. The molecular formula is C10H13ClN2O. The van der Waals surface area contributed by atoms with E-state index in [1.165, 1.54) is 6.07 Å². The number of aromatic hydroxyl groups is 1. The summed E-state index contributed by atoms with van der Waals surface area (Å²) in [5.41, 5.74) is 0.754. The number of pyridine rings is 1. The van der Waals surface area contributed by atoms with Gasteiger partial charge in [-0.25, -0.2) is 4.98 Å². The SMILES string of the molecule is CNCCC=Cc1ccc(O)c(Cl)n1. The van der Waals surface area contributed by atoms with Gasteiger partial charge in [0.1, 0.15) is 0 Å². The quantitative estimate of drug-likeness (QED) is 0.593. The highest BCUT2D eigenvalue weighted by Gasteiger charge is 1.98. The predicted octanol–water partition coefficient (Wildman–Crippen LogP) is 2.06. The van der Waals surface area contributed by atoms with E-state index in [0.29, 0.717) is 0 Å². The fraction of sp³-hybridized carbons (Fsp3) is 0.300. The van der Waals surface area contributed by atoms with Gasteiger partial charge in [-0.15, -0.1) is 0 Å². The Balaban J connectivity index is 2.59. The second-order valence-electron chi connectivity index (χ2n) is 2.84. The van der Waals surface area contributed by atoms with E-state index in [1.54, 1.807) is 6.07 Å². The summed E-state index contributed by atoms with van der Waals surface area (Å²) in [5.74, 6) is 0.0130. The second-order valence-corrected chi connectivity index (χ2v) is 3.20. The monoisotopic (exact) mass is 212 g/mol. The van der Waals surface area contributed by atoms with Gasteiger partial charge in [0.05, 0.1) is 5.69 Å². The Morgan fingerprint density at radius 3 is 3.00 bits per heavy atom. The van der Waals surface area contributed by atoms with E-state index in [4.69, 9.17) is 16.7 Å². The first-order valence-electron chi connectivity index (χ1n) is 4.40. The number of aromatic nitrogens is 1. The Morgan fingerprint density at radius 2 is 2.36 bits per heavy atom. The molecule has 0 bridgehead atoms. The van der Waals surface area contributed by atoms with E-state index >= 15 is 0 Å². The molecule has 14 heavy (non-hydrogen) atoms. The van der Waals surface area contributed by atoms with Crippen molar-refractivity contribution < 1.29 is 5.11 Å². The van der Waals surface area contributed by atoms with Gasteiger partial charge in [-0.05, 0) is 38.2 Å². The van der Waals surface area contributed by atoms with Gasteiger partial charge in [-0.2, -0.15) is 0 Å². The molecule has 0 saturated heterocycles. The molecular weight excluding hydrogens is 200 g/mol. The van der Waals surface area contributed by atoms with Crippen molar-refractivity contribution in [2.75, 3.05) is 13.6 Å². The normalized spacial score (nSPS) is 11.0. The Hall–Kier alpha value is -1.06. The molecule has 1 rings (SSSR count). The minimum Gasteiger partial charge on any atom is -0.505 e. The second kappa shape index (κ2) is 5.62. The summed E-state index contributed by atoms with van der Waals surface area (Å²) in [4.78, 5) is 3.98. The van der Waals surface area contributed by atoms with E-state index in [9.17, 15) is 0 Å². The molecule has 0 fully saturated rings. The molecule has 0 aliphatic rings. The van der Waals surface area contributed by atoms with Crippen LogP contribution in [0.2, 0.25) is 5.15 Å². The molecule has 0 saturated carbocycles. The average molecular weight is 213 g/mol. The molecule has 1 heterocycles. The minimum absolute atomic E-state index is 0.0130. The maximum absolute atomic E-state index is 9.12. The molecule has 0 amide bonds. The molecule has 76 valence electrons. The van der Waals surface area contributed by atoms with Crippen LogP contribution >= 0.6 is 11.6 Å². The predicted molar refractivity (Wildman–Crippen MR) is 58.5 cm³/mol. The molecule has 0 aliphatic heterocycles. The van der Waals surface area contributed by atoms with Crippen LogP contribution in [0.5, 0.6) is 5.75 Å². The van der Waals surface area contributed by atoms with E-state index in [-0.39, 0.29) is 10.9 Å². The van der Waals surface area contributed by atoms with Crippen molar-refractivity contribution in [2.45, 2.75) is 6.42 Å². The lowest BCUT2D eigenvalue weighted by Gasteiger charge is -1.97. The van der Waals surface area contributed by atoms with Gasteiger partial charge in [0, 0.05) is 0 Å². The third-order valence-electron chi connectivity index (χ3n) is 1.70. The Labute approximate surface area is 88.4 Å². The molecule has 3 nitrogen and oxygen atoms in total. The zero-order chi connectivity index (χ0) is 10.4. The summed E-state index contributed by atoms with van der Waals surface area (Å²) in [6.07, 6.45) is 4.82. The van der Waals surface area contributed by atoms with E-state index in [0.717, 1.165) is 18.7 Å². The van der Waals surface area contributed by atoms with Crippen molar-refractivity contribution in [1.82, 2.24) is 10.3 Å². The minimum atomic E-state index is 0.0130. The van der Waals surface area contributed by atoms with Crippen molar-refractivity contribution in [3.8, 4) is 5.75 Å². The summed E-state index contributed by atoms with van der Waals surface area (Å²) < 4.78 is 0. The Bertz CT molecular complexity index is 326. The lowest BCUT2D eigenvalue weighted by molar-refractivity contribution is 0.473. The fourth-order valence-electron chi connectivity index (χ4n) is 0.966. The van der Waals surface area contributed by atoms with Crippen molar-refractivity contribution in [3.63, 3.8) is 0 Å². The summed E-state index contributed by atoms with van der Waals surface area (Å²) in [7, 11) is 1.91. The van der Waals surface area contributed by atoms with Gasteiger partial charge in [-0.1, -0.05) is 17.7 Å². The van der Waals surface area contributed by atoms with Crippen LogP contribution in [0.3, 0.4) is 0 Å². The molecule has 0 aromatic carbocycles. The maximum atomic E-state index is 9.12. The van der Waals surface area contributed by atoms with Crippen molar-refractivity contribution in [1.29, 1.82) is 0 Å². The van der Waals surface area contributed by atoms with Crippen LogP contribution < -0.4 is 5.32 Å². The zero-order valence-corrected chi connectivity index (χ0v) is 8.75. The van der Waals surface area contributed by atoms with Gasteiger partial charge in [0.15, 0.2) is 10.9 Å². The zero-order valence-electron chi connectivity index (χ0n) is 8.00. The third-order valence-corrected chi connectivity index (χ3v) is 1.98. The standard InChI is InChI=1S/C10H13ClN2O/c1-12-7-3-2-4-8-5-6-9(14)10(11)13-8/h2,4-6,12,14H,3,7H2,1H3. The number of hydrogen-bond acceptors (Lipinski definition) is 3. The molecule has 1 aromatic heterocycles. The Kier molecular flexibility index (Phi) is 4.43. The van der Waals surface area contributed by atoms with E-state index in [1.807, 2.05) is 19.2 Å². The van der Waals surface area contributed by atoms with Gasteiger partial charge < -0.3 is 10.4 Å². The largest absolute Gasteiger partial charge is 0.505 e. The van der Waals surface area contributed by atoms with Crippen LogP contribution in [0.4, 0.5) is 0 Å². The van der Waals surface area contributed by atoms with E-state index in [2.05, 4.69) is 10.3 Å². The topological polar surface area (TPSA) is 45.1 Å². The van der Waals surface area contributed by atoms with Crippen LogP contribution in [0.25, 0.3) is 6.08 Å². The first kappa shape index (κ1) is 11.0. The number of halogens is 1. The first-order valence-corrected chi connectivity index (χ1v) is 4.78. The van der Waals surface area contributed by atoms with Crippen LogP contribution in [0.15, 0.2) is 18.2 Å². The molecule has 0 atom stereocenters. The summed E-state index contributed by atoms with van der Waals surface area (Å²) in [6, 6.07) is 3.25. The van der Waals surface area contributed by atoms with Crippen LogP contribution in [0, 0.1) is 0 Å². The number of nitrogens with one attached hydrogen (secondary N) is 1. The highest BCUT2D eigenvalue weighted by molar-refractivity contribution is 6.30. The highest BCUT2D eigenvalue weighted by Crippen LogP contribution is 2.20. The lowest BCUT2D eigenvalue weighted by atomic mass is 10.3. The molecule has 0 radical (unpaired) electrons. The van der Waals surface area contributed by atoms with Gasteiger partial charge >= 0.3 is 0 Å². The first-order chi connectivity index (χ1) is 6.74. The third kappa shape index (κ3) is 3.36. The van der Waals surface area contributed by atoms with Crippen LogP contribution in [-0.4, -0.2) is 23.7 Å². The van der Waals surface area contributed by atoms with Crippen molar-refractivity contribution in [3.05, 3.63) is 29.1 Å². The molecule has 0 aliphatic carbocycles. The average Bonchev–Trinajstić information content (AvgIpc) is 2.18. The maximum Gasteiger partial charge on any atom is 0.171 e. The summed E-state index contributed by atoms with van der Waals surface area (Å²) in [5, 5.41) is 12.3. The van der Waals surface area contributed by atoms with Gasteiger partial charge in [-0.3, -0.25) is 0 Å². The summed E-state index contributed by atoms with van der Waals surface area (Å²) >= 11 is 5.65. The van der Waals surface area contributed by atoms with Crippen molar-refractivity contribution in [2.24, 2.45) is 0 Å². The lowest BCUT2D eigenvalue weighted by Crippen LogP contribution is -2.05. The molecule has 4 heteroatoms. The molecule has 0 unspecified atom stereocenters. The fourth-order valence-corrected chi connectivity index (χ4v) is 1.13. The molecule has 1 aromatic rings. The van der Waals surface area contributed by atoms with Gasteiger partial charge in [0.25, 0.3) is 0 Å². The molecule has 2 N–H and O–H groups in total. The van der Waals surface area contributed by atoms with Crippen LogP contribution in [0.1, 0.15) is 12.1 Å². The van der Waals surface area contributed by atoms with Crippen molar-refractivity contribution >= 4 is 17.7 Å². The highest BCUT2D eigenvalue weighted by atomic mass is 35.5. The van der Waals surface area contributed by atoms with Crippen LogP contribution in [-0.2, 0) is 0 Å². The summed E-state index contributed by atoms with van der Waals surface area (Å²) in [6.45, 7) is 0.933. The van der Waals surface area contributed by atoms with E-state index < -0.39 is 0 Å². The number of rotatable bonds is 4. The number of nitrogens with zero attached hydrogens (tertiary/aromatic N) is 1. The number of hydrogen-bond donors (Lipinski definition) is 2. The molecule has 0 spiro atoms.